The second-order valence-corrected chi connectivity index (χ2v) is 7.59. The van der Waals surface area contributed by atoms with Gasteiger partial charge in [-0.25, -0.2) is 14.5 Å². The number of amides is 4. The van der Waals surface area contributed by atoms with Gasteiger partial charge in [-0.15, -0.1) is 0 Å². The summed E-state index contributed by atoms with van der Waals surface area (Å²) >= 11 is 0. The molecule has 3 aromatic rings. The van der Waals surface area contributed by atoms with Crippen molar-refractivity contribution < 1.29 is 23.9 Å². The van der Waals surface area contributed by atoms with Crippen molar-refractivity contribution in [2.24, 2.45) is 0 Å². The molecule has 4 amide bonds. The molecule has 1 aliphatic heterocycles. The zero-order valence-corrected chi connectivity index (χ0v) is 18.0. The van der Waals surface area contributed by atoms with Crippen LogP contribution in [0.5, 0.6) is 5.75 Å². The molecule has 0 aliphatic carbocycles. The molecule has 0 aromatic heterocycles. The number of anilines is 1. The van der Waals surface area contributed by atoms with Crippen molar-refractivity contribution in [1.29, 1.82) is 0 Å². The smallest absolute Gasteiger partial charge is 0.343 e. The van der Waals surface area contributed by atoms with Crippen molar-refractivity contribution in [2.45, 2.75) is 13.8 Å². The molecule has 1 fully saturated rings. The molecule has 1 N–H and O–H groups in total. The molecule has 0 atom stereocenters. The first-order valence-electron chi connectivity index (χ1n) is 10.2. The summed E-state index contributed by atoms with van der Waals surface area (Å²) < 4.78 is 5.52. The third-order valence-electron chi connectivity index (χ3n) is 5.07. The van der Waals surface area contributed by atoms with E-state index in [9.17, 15) is 19.2 Å². The van der Waals surface area contributed by atoms with Crippen molar-refractivity contribution in [3.8, 4) is 5.75 Å². The minimum Gasteiger partial charge on any atom is -0.422 e. The van der Waals surface area contributed by atoms with Gasteiger partial charge in [0.25, 0.3) is 11.8 Å². The molecule has 0 spiro atoms. The van der Waals surface area contributed by atoms with Gasteiger partial charge < -0.3 is 4.74 Å². The molecular weight excluding hydrogens is 420 g/mol. The number of hydrogen-bond donors (Lipinski definition) is 1. The standard InChI is InChI=1S/C26H20N2O5/c1-16-10-12-18(13-11-16)25(31)33-22-9-4-3-7-19(22)15-21-23(29)27-26(32)28(24(21)30)20-8-5-6-17(2)14-20/h3-15H,1-2H3,(H,27,29,32)/b21-15-. The van der Waals surface area contributed by atoms with Crippen LogP contribution in [0, 0.1) is 13.8 Å². The maximum absolute atomic E-state index is 13.1. The molecule has 4 rings (SSSR count). The molecule has 164 valence electrons. The third-order valence-corrected chi connectivity index (χ3v) is 5.07. The van der Waals surface area contributed by atoms with E-state index < -0.39 is 23.8 Å². The molecule has 0 saturated carbocycles. The minimum atomic E-state index is -0.827. The molecular formula is C26H20N2O5. The molecule has 3 aromatic carbocycles. The van der Waals surface area contributed by atoms with Crippen LogP contribution in [0.1, 0.15) is 27.0 Å². The number of aryl methyl sites for hydroxylation is 2. The fourth-order valence-electron chi connectivity index (χ4n) is 3.36. The van der Waals surface area contributed by atoms with Crippen LogP contribution in [0.2, 0.25) is 0 Å². The number of benzene rings is 3. The number of urea groups is 1. The third kappa shape index (κ3) is 4.57. The Hall–Kier alpha value is -4.52. The molecule has 1 saturated heterocycles. The number of hydrogen-bond acceptors (Lipinski definition) is 5. The Balaban J connectivity index is 1.67. The Morgan fingerprint density at radius 3 is 2.33 bits per heavy atom. The number of imide groups is 2. The fourth-order valence-corrected chi connectivity index (χ4v) is 3.36. The highest BCUT2D eigenvalue weighted by molar-refractivity contribution is 6.39. The number of ether oxygens (including phenoxy) is 1. The number of rotatable bonds is 4. The van der Waals surface area contributed by atoms with E-state index in [0.29, 0.717) is 16.8 Å². The lowest BCUT2D eigenvalue weighted by atomic mass is 10.1. The largest absolute Gasteiger partial charge is 0.422 e. The van der Waals surface area contributed by atoms with E-state index in [1.54, 1.807) is 66.7 Å². The van der Waals surface area contributed by atoms with E-state index in [1.807, 2.05) is 19.9 Å². The number of carbonyl (C=O) groups is 4. The van der Waals surface area contributed by atoms with Crippen LogP contribution in [-0.2, 0) is 9.59 Å². The molecule has 7 nitrogen and oxygen atoms in total. The number of barbiturate groups is 1. The van der Waals surface area contributed by atoms with E-state index in [2.05, 4.69) is 5.32 Å². The van der Waals surface area contributed by atoms with Gasteiger partial charge in [-0.1, -0.05) is 48.0 Å². The van der Waals surface area contributed by atoms with E-state index in [1.165, 1.54) is 6.08 Å². The van der Waals surface area contributed by atoms with Gasteiger partial charge in [-0.2, -0.15) is 0 Å². The SMILES string of the molecule is Cc1ccc(C(=O)Oc2ccccc2/C=C2/C(=O)NC(=O)N(c3cccc(C)c3)C2=O)cc1. The van der Waals surface area contributed by atoms with Crippen LogP contribution in [0.15, 0.2) is 78.4 Å². The Kier molecular flexibility index (Phi) is 5.87. The van der Waals surface area contributed by atoms with Crippen LogP contribution >= 0.6 is 0 Å². The van der Waals surface area contributed by atoms with Crippen molar-refractivity contribution in [3.63, 3.8) is 0 Å². The quantitative estimate of drug-likeness (QED) is 0.284. The summed E-state index contributed by atoms with van der Waals surface area (Å²) in [5.74, 6) is -1.99. The normalized spacial score (nSPS) is 14.9. The van der Waals surface area contributed by atoms with E-state index in [-0.39, 0.29) is 11.3 Å². The monoisotopic (exact) mass is 440 g/mol. The molecule has 1 aliphatic rings. The van der Waals surface area contributed by atoms with Gasteiger partial charge in [0.2, 0.25) is 0 Å². The van der Waals surface area contributed by atoms with Gasteiger partial charge >= 0.3 is 12.0 Å². The zero-order chi connectivity index (χ0) is 23.5. The molecule has 0 bridgehead atoms. The lowest BCUT2D eigenvalue weighted by Crippen LogP contribution is -2.54. The Labute approximate surface area is 190 Å². The predicted molar refractivity (Wildman–Crippen MR) is 123 cm³/mol. The second-order valence-electron chi connectivity index (χ2n) is 7.59. The van der Waals surface area contributed by atoms with Gasteiger partial charge in [-0.3, -0.25) is 14.9 Å². The van der Waals surface area contributed by atoms with Crippen molar-refractivity contribution in [1.82, 2.24) is 5.32 Å². The Bertz CT molecular complexity index is 1310. The average Bonchev–Trinajstić information content (AvgIpc) is 2.78. The molecule has 33 heavy (non-hydrogen) atoms. The predicted octanol–water partition coefficient (Wildman–Crippen LogP) is 4.19. The second kappa shape index (κ2) is 8.92. The highest BCUT2D eigenvalue weighted by Crippen LogP contribution is 2.26. The van der Waals surface area contributed by atoms with Crippen LogP contribution in [0.25, 0.3) is 6.08 Å². The minimum absolute atomic E-state index is 0.176. The maximum atomic E-state index is 13.1. The number of para-hydroxylation sites is 1. The van der Waals surface area contributed by atoms with Crippen LogP contribution in [-0.4, -0.2) is 23.8 Å². The maximum Gasteiger partial charge on any atom is 0.343 e. The summed E-state index contributed by atoms with van der Waals surface area (Å²) in [6.45, 7) is 3.74. The van der Waals surface area contributed by atoms with E-state index in [4.69, 9.17) is 4.74 Å². The number of esters is 1. The summed E-state index contributed by atoms with van der Waals surface area (Å²) in [4.78, 5) is 51.5. The van der Waals surface area contributed by atoms with Crippen LogP contribution in [0.4, 0.5) is 10.5 Å². The Morgan fingerprint density at radius 1 is 0.879 bits per heavy atom. The van der Waals surface area contributed by atoms with Crippen molar-refractivity contribution in [3.05, 3.63) is 101 Å². The molecule has 1 heterocycles. The molecule has 0 unspecified atom stereocenters. The highest BCUT2D eigenvalue weighted by atomic mass is 16.5. The van der Waals surface area contributed by atoms with Crippen molar-refractivity contribution >= 4 is 35.6 Å². The highest BCUT2D eigenvalue weighted by Gasteiger charge is 2.37. The number of carbonyl (C=O) groups excluding carboxylic acids is 4. The van der Waals surface area contributed by atoms with Crippen molar-refractivity contribution in [2.75, 3.05) is 4.90 Å². The fraction of sp³-hybridized carbons (Fsp3) is 0.0769. The van der Waals surface area contributed by atoms with Gasteiger partial charge in [0.1, 0.15) is 11.3 Å². The van der Waals surface area contributed by atoms with Gasteiger partial charge in [0.15, 0.2) is 0 Å². The van der Waals surface area contributed by atoms with E-state index >= 15 is 0 Å². The van der Waals surface area contributed by atoms with Gasteiger partial charge in [0.05, 0.1) is 11.3 Å². The van der Waals surface area contributed by atoms with Gasteiger partial charge in [0, 0.05) is 5.56 Å². The summed E-state index contributed by atoms with van der Waals surface area (Å²) in [5, 5.41) is 2.19. The first kappa shape index (κ1) is 21.7. The Morgan fingerprint density at radius 2 is 1.61 bits per heavy atom. The summed E-state index contributed by atoms with van der Waals surface area (Å²) in [6, 6.07) is 19.4. The first-order chi connectivity index (χ1) is 15.8. The molecule has 7 heteroatoms. The van der Waals surface area contributed by atoms with Crippen LogP contribution in [0.3, 0.4) is 0 Å². The van der Waals surface area contributed by atoms with E-state index in [0.717, 1.165) is 16.0 Å². The summed E-state index contributed by atoms with van der Waals surface area (Å²) in [5.41, 5.74) is 2.65. The molecule has 0 radical (unpaired) electrons. The first-order valence-corrected chi connectivity index (χ1v) is 10.2. The lowest BCUT2D eigenvalue weighted by molar-refractivity contribution is -0.122. The summed E-state index contributed by atoms with van der Waals surface area (Å²) in [6.07, 6.45) is 1.31. The van der Waals surface area contributed by atoms with Crippen LogP contribution < -0.4 is 15.0 Å². The number of nitrogens with zero attached hydrogens (tertiary/aromatic N) is 1. The average molecular weight is 440 g/mol. The zero-order valence-electron chi connectivity index (χ0n) is 18.0. The topological polar surface area (TPSA) is 92.8 Å². The number of nitrogens with one attached hydrogen (secondary N) is 1. The lowest BCUT2D eigenvalue weighted by Gasteiger charge is -2.26. The van der Waals surface area contributed by atoms with Gasteiger partial charge in [-0.05, 0) is 55.8 Å². The summed E-state index contributed by atoms with van der Waals surface area (Å²) in [7, 11) is 0.